The molecule has 0 bridgehead atoms. The fourth-order valence-corrected chi connectivity index (χ4v) is 3.42. The second kappa shape index (κ2) is 9.01. The normalized spacial score (nSPS) is 11.2. The number of aryl methyl sites for hydroxylation is 1. The van der Waals surface area contributed by atoms with Gasteiger partial charge in [-0.2, -0.15) is 0 Å². The Balaban J connectivity index is 2.09. The Hall–Kier alpha value is -2.99. The monoisotopic (exact) mass is 392 g/mol. The van der Waals surface area contributed by atoms with Crippen molar-refractivity contribution in [1.29, 1.82) is 0 Å². The van der Waals surface area contributed by atoms with Gasteiger partial charge >= 0.3 is 0 Å². The fourth-order valence-electron chi connectivity index (χ4n) is 3.42. The largest absolute Gasteiger partial charge is 0.352 e. The van der Waals surface area contributed by atoms with Crippen LogP contribution in [0.1, 0.15) is 42.3 Å². The molecule has 0 saturated carbocycles. The van der Waals surface area contributed by atoms with Crippen molar-refractivity contribution in [3.63, 3.8) is 0 Å². The number of amides is 1. The third kappa shape index (κ3) is 4.38. The van der Waals surface area contributed by atoms with E-state index < -0.39 is 0 Å². The average molecular weight is 393 g/mol. The summed E-state index contributed by atoms with van der Waals surface area (Å²) in [6.45, 7) is 11.3. The zero-order valence-electron chi connectivity index (χ0n) is 17.5. The average Bonchev–Trinajstić information content (AvgIpc) is 2.73. The van der Waals surface area contributed by atoms with E-state index in [9.17, 15) is 9.59 Å². The summed E-state index contributed by atoms with van der Waals surface area (Å²) >= 11 is 0. The molecule has 1 amide bonds. The number of carbonyl (C=O) groups excluding carboxylic acids is 1. The van der Waals surface area contributed by atoms with Crippen molar-refractivity contribution in [2.24, 2.45) is 0 Å². The van der Waals surface area contributed by atoms with E-state index in [1.807, 2.05) is 38.1 Å². The number of carbonyl (C=O) groups is 1. The van der Waals surface area contributed by atoms with Crippen LogP contribution in [0.2, 0.25) is 0 Å². The van der Waals surface area contributed by atoms with Crippen LogP contribution in [0.25, 0.3) is 16.6 Å². The van der Waals surface area contributed by atoms with Gasteiger partial charge in [0.2, 0.25) is 0 Å². The van der Waals surface area contributed by atoms with Crippen LogP contribution in [0, 0.1) is 6.92 Å². The summed E-state index contributed by atoms with van der Waals surface area (Å²) in [6.07, 6.45) is 1.54. The maximum atomic E-state index is 13.3. The predicted octanol–water partition coefficient (Wildman–Crippen LogP) is 3.29. The molecule has 6 heteroatoms. The highest BCUT2D eigenvalue weighted by atomic mass is 16.1. The third-order valence-electron chi connectivity index (χ3n) is 5.19. The fraction of sp³-hybridized carbons (Fsp3) is 0.348. The Labute approximate surface area is 171 Å². The lowest BCUT2D eigenvalue weighted by Crippen LogP contribution is -2.24. The molecule has 152 valence electrons. The first kappa shape index (κ1) is 20.7. The molecule has 3 rings (SSSR count). The maximum Gasteiger partial charge on any atom is 0.265 e. The zero-order chi connectivity index (χ0) is 21.0. The molecule has 1 heterocycles. The molecule has 0 aliphatic heterocycles. The van der Waals surface area contributed by atoms with Crippen LogP contribution < -0.4 is 10.9 Å². The highest BCUT2D eigenvalue weighted by molar-refractivity contribution is 5.94. The summed E-state index contributed by atoms with van der Waals surface area (Å²) < 4.78 is 1.53. The van der Waals surface area contributed by atoms with E-state index in [0.717, 1.165) is 30.8 Å². The number of benzene rings is 2. The Morgan fingerprint density at radius 1 is 1.10 bits per heavy atom. The van der Waals surface area contributed by atoms with Crippen molar-refractivity contribution in [2.75, 3.05) is 19.6 Å². The van der Waals surface area contributed by atoms with Crippen LogP contribution in [-0.2, 0) is 6.54 Å². The molecule has 1 N–H and O–H groups in total. The number of hydrogen-bond donors (Lipinski definition) is 1. The van der Waals surface area contributed by atoms with E-state index in [0.29, 0.717) is 28.7 Å². The van der Waals surface area contributed by atoms with Crippen LogP contribution in [0.15, 0.2) is 47.5 Å². The minimum absolute atomic E-state index is 0.132. The van der Waals surface area contributed by atoms with Crippen molar-refractivity contribution in [2.45, 2.75) is 34.2 Å². The van der Waals surface area contributed by atoms with Gasteiger partial charge in [-0.1, -0.05) is 26.0 Å². The minimum Gasteiger partial charge on any atom is -0.352 e. The molecule has 29 heavy (non-hydrogen) atoms. The van der Waals surface area contributed by atoms with Gasteiger partial charge in [0.05, 0.1) is 16.6 Å². The molecule has 0 atom stereocenters. The van der Waals surface area contributed by atoms with E-state index in [4.69, 9.17) is 0 Å². The van der Waals surface area contributed by atoms with E-state index in [1.54, 1.807) is 18.5 Å². The number of fused-ring (bicyclic) bond motifs is 1. The lowest BCUT2D eigenvalue weighted by atomic mass is 10.1. The molecule has 0 unspecified atom stereocenters. The van der Waals surface area contributed by atoms with Gasteiger partial charge in [0.1, 0.15) is 6.33 Å². The Bertz CT molecular complexity index is 1080. The van der Waals surface area contributed by atoms with Gasteiger partial charge in [-0.15, -0.1) is 0 Å². The topological polar surface area (TPSA) is 67.2 Å². The lowest BCUT2D eigenvalue weighted by molar-refractivity contribution is 0.0956. The molecule has 3 aromatic rings. The molecular formula is C23H28N4O2. The standard InChI is InChI=1S/C23H28N4O2/c1-5-24-22(28)18-10-8-16(4)21(13-18)27-15-25-20-11-9-17(12-19(20)23(27)29)14-26(6-2)7-3/h8-13,15H,5-7,14H2,1-4H3,(H,24,28). The molecule has 0 aliphatic rings. The Morgan fingerprint density at radius 2 is 1.86 bits per heavy atom. The van der Waals surface area contributed by atoms with Gasteiger partial charge < -0.3 is 5.32 Å². The van der Waals surface area contributed by atoms with Crippen LogP contribution >= 0.6 is 0 Å². The van der Waals surface area contributed by atoms with Crippen molar-refractivity contribution >= 4 is 16.8 Å². The number of rotatable bonds is 7. The number of aromatic nitrogens is 2. The van der Waals surface area contributed by atoms with Crippen molar-refractivity contribution in [3.8, 4) is 5.69 Å². The van der Waals surface area contributed by atoms with Gasteiger partial charge in [-0.05, 0) is 62.3 Å². The SMILES string of the molecule is CCNC(=O)c1ccc(C)c(-n2cnc3ccc(CN(CC)CC)cc3c2=O)c1. The number of nitrogens with zero attached hydrogens (tertiary/aromatic N) is 3. The first-order valence-electron chi connectivity index (χ1n) is 10.1. The summed E-state index contributed by atoms with van der Waals surface area (Å²) in [7, 11) is 0. The first-order chi connectivity index (χ1) is 14.0. The van der Waals surface area contributed by atoms with Crippen LogP contribution in [0.3, 0.4) is 0 Å². The molecule has 2 aromatic carbocycles. The van der Waals surface area contributed by atoms with Gasteiger partial charge in [0.15, 0.2) is 0 Å². The molecule has 6 nitrogen and oxygen atoms in total. The lowest BCUT2D eigenvalue weighted by Gasteiger charge is -2.18. The highest BCUT2D eigenvalue weighted by Crippen LogP contribution is 2.17. The summed E-state index contributed by atoms with van der Waals surface area (Å²) in [5.74, 6) is -0.156. The van der Waals surface area contributed by atoms with Crippen LogP contribution in [0.4, 0.5) is 0 Å². The second-order valence-electron chi connectivity index (χ2n) is 7.09. The molecule has 0 saturated heterocycles. The molecule has 0 radical (unpaired) electrons. The van der Waals surface area contributed by atoms with Gasteiger partial charge in [-0.25, -0.2) is 4.98 Å². The summed E-state index contributed by atoms with van der Waals surface area (Å²) in [4.78, 5) is 32.3. The Kier molecular flexibility index (Phi) is 6.44. The highest BCUT2D eigenvalue weighted by Gasteiger charge is 2.12. The zero-order valence-corrected chi connectivity index (χ0v) is 17.5. The molecule has 1 aromatic heterocycles. The van der Waals surface area contributed by atoms with Crippen molar-refractivity contribution in [3.05, 3.63) is 69.8 Å². The number of hydrogen-bond acceptors (Lipinski definition) is 4. The van der Waals surface area contributed by atoms with Gasteiger partial charge in [0.25, 0.3) is 11.5 Å². The van der Waals surface area contributed by atoms with Crippen molar-refractivity contribution in [1.82, 2.24) is 19.8 Å². The van der Waals surface area contributed by atoms with Gasteiger partial charge in [-0.3, -0.25) is 19.1 Å². The van der Waals surface area contributed by atoms with Crippen molar-refractivity contribution < 1.29 is 4.79 Å². The van der Waals surface area contributed by atoms with Gasteiger partial charge in [0, 0.05) is 18.7 Å². The van der Waals surface area contributed by atoms with Crippen LogP contribution in [0.5, 0.6) is 0 Å². The van der Waals surface area contributed by atoms with Crippen LogP contribution in [-0.4, -0.2) is 40.0 Å². The first-order valence-corrected chi connectivity index (χ1v) is 10.1. The van der Waals surface area contributed by atoms with E-state index in [1.165, 1.54) is 4.57 Å². The second-order valence-corrected chi connectivity index (χ2v) is 7.09. The predicted molar refractivity (Wildman–Crippen MR) is 117 cm³/mol. The minimum atomic E-state index is -0.156. The number of nitrogens with one attached hydrogen (secondary N) is 1. The molecule has 0 fully saturated rings. The third-order valence-corrected chi connectivity index (χ3v) is 5.19. The summed E-state index contributed by atoms with van der Waals surface area (Å²) in [5, 5.41) is 3.38. The molecular weight excluding hydrogens is 364 g/mol. The smallest absolute Gasteiger partial charge is 0.265 e. The van der Waals surface area contributed by atoms with E-state index in [-0.39, 0.29) is 11.5 Å². The summed E-state index contributed by atoms with van der Waals surface area (Å²) in [5.41, 5.74) is 3.72. The van der Waals surface area contributed by atoms with E-state index in [2.05, 4.69) is 29.0 Å². The van der Waals surface area contributed by atoms with E-state index >= 15 is 0 Å². The Morgan fingerprint density at radius 3 is 2.55 bits per heavy atom. The maximum absolute atomic E-state index is 13.3. The molecule has 0 spiro atoms. The molecule has 0 aliphatic carbocycles. The summed E-state index contributed by atoms with van der Waals surface area (Å²) in [6, 6.07) is 11.2. The quantitative estimate of drug-likeness (QED) is 0.670.